The summed E-state index contributed by atoms with van der Waals surface area (Å²) in [6.45, 7) is 4.91. The van der Waals surface area contributed by atoms with Gasteiger partial charge in [0.05, 0.1) is 18.6 Å². The maximum Gasteiger partial charge on any atom is 0.225 e. The molecule has 1 heterocycles. The number of likely N-dealkylation sites (tertiary alicyclic amines) is 1. The Bertz CT molecular complexity index is 264. The molecule has 2 atom stereocenters. The average Bonchev–Trinajstić information content (AvgIpc) is 2.67. The van der Waals surface area contributed by atoms with Crippen molar-refractivity contribution in [3.8, 4) is 0 Å². The lowest BCUT2D eigenvalue weighted by molar-refractivity contribution is -0.129. The molecule has 92 valence electrons. The van der Waals surface area contributed by atoms with Crippen LogP contribution < -0.4 is 5.32 Å². The summed E-state index contributed by atoms with van der Waals surface area (Å²) in [4.78, 5) is 24.9. The molecule has 1 rings (SSSR count). The molecular formula is C11H20N2O3. The van der Waals surface area contributed by atoms with Gasteiger partial charge in [0.25, 0.3) is 0 Å². The fraction of sp³-hybridized carbons (Fsp3) is 0.818. The van der Waals surface area contributed by atoms with Gasteiger partial charge in [-0.3, -0.25) is 9.59 Å². The van der Waals surface area contributed by atoms with Crippen molar-refractivity contribution >= 4 is 11.8 Å². The van der Waals surface area contributed by atoms with Crippen molar-refractivity contribution < 1.29 is 14.7 Å². The number of carbonyl (C=O) groups is 2. The molecule has 0 bridgehead atoms. The minimum Gasteiger partial charge on any atom is -0.394 e. The molecule has 0 aromatic rings. The van der Waals surface area contributed by atoms with Gasteiger partial charge in [-0.2, -0.15) is 0 Å². The minimum absolute atomic E-state index is 0.0414. The van der Waals surface area contributed by atoms with Crippen LogP contribution in [0.3, 0.4) is 0 Å². The van der Waals surface area contributed by atoms with Crippen LogP contribution in [0.5, 0.6) is 0 Å². The largest absolute Gasteiger partial charge is 0.394 e. The first kappa shape index (κ1) is 13.0. The predicted octanol–water partition coefficient (Wildman–Crippen LogP) is -0.258. The second kappa shape index (κ2) is 5.84. The Morgan fingerprint density at radius 1 is 1.62 bits per heavy atom. The van der Waals surface area contributed by atoms with E-state index in [1.807, 2.05) is 13.8 Å². The number of carbonyl (C=O) groups excluding carboxylic acids is 2. The first-order valence-electron chi connectivity index (χ1n) is 5.81. The van der Waals surface area contributed by atoms with E-state index < -0.39 is 0 Å². The van der Waals surface area contributed by atoms with Crippen molar-refractivity contribution in [2.75, 3.05) is 19.7 Å². The van der Waals surface area contributed by atoms with Crippen molar-refractivity contribution in [2.24, 2.45) is 5.92 Å². The topological polar surface area (TPSA) is 69.6 Å². The van der Waals surface area contributed by atoms with E-state index in [4.69, 9.17) is 5.11 Å². The lowest BCUT2D eigenvalue weighted by Crippen LogP contribution is -2.41. The predicted molar refractivity (Wildman–Crippen MR) is 59.7 cm³/mol. The Balaban J connectivity index is 2.47. The molecule has 0 aromatic heterocycles. The van der Waals surface area contributed by atoms with Gasteiger partial charge in [-0.15, -0.1) is 0 Å². The van der Waals surface area contributed by atoms with Crippen molar-refractivity contribution in [1.29, 1.82) is 0 Å². The standard InChI is InChI=1S/C11H20N2O3/c1-3-9(7-14)12-11(16)8-5-10(15)13(4-2)6-8/h8-9,14H,3-7H2,1-2H3,(H,12,16). The Morgan fingerprint density at radius 3 is 2.75 bits per heavy atom. The summed E-state index contributed by atoms with van der Waals surface area (Å²) >= 11 is 0. The number of amides is 2. The van der Waals surface area contributed by atoms with E-state index >= 15 is 0 Å². The van der Waals surface area contributed by atoms with Crippen LogP contribution in [-0.2, 0) is 9.59 Å². The van der Waals surface area contributed by atoms with Gasteiger partial charge in [-0.25, -0.2) is 0 Å². The molecule has 5 heteroatoms. The first-order valence-corrected chi connectivity index (χ1v) is 5.81. The normalized spacial score (nSPS) is 22.3. The van der Waals surface area contributed by atoms with Gasteiger partial charge in [-0.05, 0) is 13.3 Å². The van der Waals surface area contributed by atoms with Crippen molar-refractivity contribution in [3.05, 3.63) is 0 Å². The first-order chi connectivity index (χ1) is 7.62. The zero-order valence-electron chi connectivity index (χ0n) is 9.90. The summed E-state index contributed by atoms with van der Waals surface area (Å²) in [5.41, 5.74) is 0. The van der Waals surface area contributed by atoms with Gasteiger partial charge in [0, 0.05) is 19.5 Å². The highest BCUT2D eigenvalue weighted by molar-refractivity contribution is 5.89. The molecule has 0 spiro atoms. The number of rotatable bonds is 5. The van der Waals surface area contributed by atoms with E-state index in [0.29, 0.717) is 25.9 Å². The fourth-order valence-electron chi connectivity index (χ4n) is 1.85. The maximum absolute atomic E-state index is 11.8. The van der Waals surface area contributed by atoms with Crippen molar-refractivity contribution in [2.45, 2.75) is 32.7 Å². The number of aliphatic hydroxyl groups is 1. The molecule has 0 aliphatic carbocycles. The SMILES string of the molecule is CCC(CO)NC(=O)C1CC(=O)N(CC)C1. The van der Waals surface area contributed by atoms with Gasteiger partial charge in [0.1, 0.15) is 0 Å². The molecular weight excluding hydrogens is 208 g/mol. The fourth-order valence-corrected chi connectivity index (χ4v) is 1.85. The van der Waals surface area contributed by atoms with Crippen LogP contribution >= 0.6 is 0 Å². The summed E-state index contributed by atoms with van der Waals surface area (Å²) in [6, 6.07) is -0.196. The third-order valence-corrected chi connectivity index (χ3v) is 3.03. The summed E-state index contributed by atoms with van der Waals surface area (Å²) < 4.78 is 0. The Morgan fingerprint density at radius 2 is 2.31 bits per heavy atom. The van der Waals surface area contributed by atoms with Crippen LogP contribution in [0, 0.1) is 5.92 Å². The lowest BCUT2D eigenvalue weighted by atomic mass is 10.1. The molecule has 0 aromatic carbocycles. The molecule has 1 aliphatic rings. The van der Waals surface area contributed by atoms with E-state index in [9.17, 15) is 9.59 Å². The molecule has 2 N–H and O–H groups in total. The molecule has 1 fully saturated rings. The van der Waals surface area contributed by atoms with Crippen LogP contribution in [-0.4, -0.2) is 47.6 Å². The second-order valence-electron chi connectivity index (χ2n) is 4.13. The highest BCUT2D eigenvalue weighted by atomic mass is 16.3. The van der Waals surface area contributed by atoms with Crippen LogP contribution in [0.4, 0.5) is 0 Å². The van der Waals surface area contributed by atoms with Crippen LogP contribution in [0.25, 0.3) is 0 Å². The molecule has 1 saturated heterocycles. The Labute approximate surface area is 95.8 Å². The van der Waals surface area contributed by atoms with E-state index in [1.54, 1.807) is 4.90 Å². The van der Waals surface area contributed by atoms with Crippen molar-refractivity contribution in [3.63, 3.8) is 0 Å². The highest BCUT2D eigenvalue weighted by Gasteiger charge is 2.33. The zero-order chi connectivity index (χ0) is 12.1. The zero-order valence-corrected chi connectivity index (χ0v) is 9.90. The summed E-state index contributed by atoms with van der Waals surface area (Å²) in [6.07, 6.45) is 0.988. The third-order valence-electron chi connectivity index (χ3n) is 3.03. The maximum atomic E-state index is 11.8. The van der Waals surface area contributed by atoms with Crippen LogP contribution in [0.1, 0.15) is 26.7 Å². The number of hydrogen-bond acceptors (Lipinski definition) is 3. The van der Waals surface area contributed by atoms with Crippen LogP contribution in [0.2, 0.25) is 0 Å². The molecule has 1 aliphatic heterocycles. The van der Waals surface area contributed by atoms with Crippen molar-refractivity contribution in [1.82, 2.24) is 10.2 Å². The van der Waals surface area contributed by atoms with Gasteiger partial charge in [0.15, 0.2) is 0 Å². The van der Waals surface area contributed by atoms with Crippen LogP contribution in [0.15, 0.2) is 0 Å². The summed E-state index contributed by atoms with van der Waals surface area (Å²) in [5.74, 6) is -0.335. The van der Waals surface area contributed by atoms with E-state index in [2.05, 4.69) is 5.32 Å². The second-order valence-corrected chi connectivity index (χ2v) is 4.13. The number of nitrogens with zero attached hydrogens (tertiary/aromatic N) is 1. The van der Waals surface area contributed by atoms with Gasteiger partial charge in [-0.1, -0.05) is 6.92 Å². The Hall–Kier alpha value is -1.10. The third kappa shape index (κ3) is 2.95. The monoisotopic (exact) mass is 228 g/mol. The number of hydrogen-bond donors (Lipinski definition) is 2. The Kier molecular flexibility index (Phi) is 4.73. The van der Waals surface area contributed by atoms with Gasteiger partial charge in [0.2, 0.25) is 11.8 Å². The molecule has 2 amide bonds. The molecule has 0 saturated carbocycles. The average molecular weight is 228 g/mol. The molecule has 5 nitrogen and oxygen atoms in total. The minimum atomic E-state index is -0.256. The lowest BCUT2D eigenvalue weighted by Gasteiger charge is -2.17. The van der Waals surface area contributed by atoms with Gasteiger partial charge < -0.3 is 15.3 Å². The van der Waals surface area contributed by atoms with E-state index in [1.165, 1.54) is 0 Å². The van der Waals surface area contributed by atoms with Gasteiger partial charge >= 0.3 is 0 Å². The highest BCUT2D eigenvalue weighted by Crippen LogP contribution is 2.17. The van der Waals surface area contributed by atoms with E-state index in [-0.39, 0.29) is 30.4 Å². The smallest absolute Gasteiger partial charge is 0.225 e. The molecule has 2 unspecified atom stereocenters. The summed E-state index contributed by atoms with van der Waals surface area (Å²) in [5, 5.41) is 11.7. The number of nitrogens with one attached hydrogen (secondary N) is 1. The summed E-state index contributed by atoms with van der Waals surface area (Å²) in [7, 11) is 0. The van der Waals surface area contributed by atoms with E-state index in [0.717, 1.165) is 0 Å². The molecule has 16 heavy (non-hydrogen) atoms. The molecule has 0 radical (unpaired) electrons. The number of aliphatic hydroxyl groups excluding tert-OH is 1. The quantitative estimate of drug-likeness (QED) is 0.681.